The largest absolute Gasteiger partial charge is 0.466 e. The summed E-state index contributed by atoms with van der Waals surface area (Å²) in [5.74, 6) is -0.697. The molecule has 1 saturated heterocycles. The lowest BCUT2D eigenvalue weighted by molar-refractivity contribution is -0.151. The minimum absolute atomic E-state index is 0.0327. The molecule has 0 radical (unpaired) electrons. The summed E-state index contributed by atoms with van der Waals surface area (Å²) in [5, 5.41) is 2.88. The normalized spacial score (nSPS) is 16.1. The molecule has 0 spiro atoms. The second-order valence-corrected chi connectivity index (χ2v) is 7.41. The molecule has 1 heterocycles. The number of amides is 2. The molecule has 148 valence electrons. The van der Waals surface area contributed by atoms with E-state index < -0.39 is 6.04 Å². The molecule has 6 heteroatoms. The third-order valence-corrected chi connectivity index (χ3v) is 4.96. The molecule has 1 aliphatic rings. The standard InChI is InChI=1S/C21H30N2O4/c1-5-27-21(26)17-10-12-23(13-11-17)20(25)18(14(2)3)22-19(24)16-8-6-15(4)7-9-16/h6-9,14,17-18H,5,10-13H2,1-4H3,(H,22,24). The van der Waals surface area contributed by atoms with Crippen LogP contribution in [0.3, 0.4) is 0 Å². The molecule has 1 unspecified atom stereocenters. The van der Waals surface area contributed by atoms with Gasteiger partial charge in [-0.2, -0.15) is 0 Å². The topological polar surface area (TPSA) is 75.7 Å². The number of rotatable bonds is 6. The minimum atomic E-state index is -0.585. The van der Waals surface area contributed by atoms with Gasteiger partial charge in [0.1, 0.15) is 6.04 Å². The van der Waals surface area contributed by atoms with E-state index in [1.54, 1.807) is 24.0 Å². The summed E-state index contributed by atoms with van der Waals surface area (Å²) < 4.78 is 5.07. The highest BCUT2D eigenvalue weighted by Gasteiger charge is 2.33. The zero-order valence-corrected chi connectivity index (χ0v) is 16.7. The zero-order chi connectivity index (χ0) is 20.0. The molecule has 0 saturated carbocycles. The molecule has 27 heavy (non-hydrogen) atoms. The van der Waals surface area contributed by atoms with Crippen LogP contribution in [0.5, 0.6) is 0 Å². The highest BCUT2D eigenvalue weighted by molar-refractivity contribution is 5.97. The molecular weight excluding hydrogens is 344 g/mol. The summed E-state index contributed by atoms with van der Waals surface area (Å²) in [6, 6.07) is 6.69. The number of carbonyl (C=O) groups excluding carboxylic acids is 3. The molecule has 6 nitrogen and oxygen atoms in total. The first-order valence-corrected chi connectivity index (χ1v) is 9.66. The molecule has 1 N–H and O–H groups in total. The van der Waals surface area contributed by atoms with Gasteiger partial charge in [-0.3, -0.25) is 14.4 Å². The SMILES string of the molecule is CCOC(=O)C1CCN(C(=O)C(NC(=O)c2ccc(C)cc2)C(C)C)CC1. The van der Waals surface area contributed by atoms with Crippen molar-refractivity contribution in [2.45, 2.75) is 46.6 Å². The maximum atomic E-state index is 13.0. The van der Waals surface area contributed by atoms with Crippen LogP contribution in [0.1, 0.15) is 49.5 Å². The van der Waals surface area contributed by atoms with Crippen molar-refractivity contribution in [3.63, 3.8) is 0 Å². The molecule has 0 aromatic heterocycles. The number of esters is 1. The molecule has 2 amide bonds. The van der Waals surface area contributed by atoms with Crippen LogP contribution in [0.15, 0.2) is 24.3 Å². The van der Waals surface area contributed by atoms with Crippen LogP contribution >= 0.6 is 0 Å². The van der Waals surface area contributed by atoms with Gasteiger partial charge in [-0.15, -0.1) is 0 Å². The number of nitrogens with one attached hydrogen (secondary N) is 1. The van der Waals surface area contributed by atoms with Crippen molar-refractivity contribution in [1.82, 2.24) is 10.2 Å². The van der Waals surface area contributed by atoms with Crippen molar-refractivity contribution < 1.29 is 19.1 Å². The Bertz CT molecular complexity index is 661. The average molecular weight is 374 g/mol. The molecule has 1 fully saturated rings. The van der Waals surface area contributed by atoms with Crippen molar-refractivity contribution >= 4 is 17.8 Å². The van der Waals surface area contributed by atoms with E-state index in [9.17, 15) is 14.4 Å². The lowest BCUT2D eigenvalue weighted by Crippen LogP contribution is -2.53. The smallest absolute Gasteiger partial charge is 0.309 e. The number of hydrogen-bond acceptors (Lipinski definition) is 4. The predicted octanol–water partition coefficient (Wildman–Crippen LogP) is 2.55. The Kier molecular flexibility index (Phi) is 7.39. The molecule has 1 aliphatic heterocycles. The summed E-state index contributed by atoms with van der Waals surface area (Å²) in [5.41, 5.74) is 1.62. The second-order valence-electron chi connectivity index (χ2n) is 7.41. The molecule has 1 atom stereocenters. The maximum Gasteiger partial charge on any atom is 0.309 e. The first-order valence-electron chi connectivity index (χ1n) is 9.66. The number of hydrogen-bond donors (Lipinski definition) is 1. The van der Waals surface area contributed by atoms with Crippen LogP contribution < -0.4 is 5.32 Å². The quantitative estimate of drug-likeness (QED) is 0.777. The Morgan fingerprint density at radius 3 is 2.26 bits per heavy atom. The Morgan fingerprint density at radius 1 is 1.15 bits per heavy atom. The first-order chi connectivity index (χ1) is 12.8. The van der Waals surface area contributed by atoms with Gasteiger partial charge in [-0.05, 0) is 44.7 Å². The Morgan fingerprint density at radius 2 is 1.74 bits per heavy atom. The van der Waals surface area contributed by atoms with Crippen LogP contribution in [0.4, 0.5) is 0 Å². The van der Waals surface area contributed by atoms with Gasteiger partial charge in [0.15, 0.2) is 0 Å². The monoisotopic (exact) mass is 374 g/mol. The maximum absolute atomic E-state index is 13.0. The van der Waals surface area contributed by atoms with E-state index in [0.29, 0.717) is 38.1 Å². The zero-order valence-electron chi connectivity index (χ0n) is 16.7. The summed E-state index contributed by atoms with van der Waals surface area (Å²) in [6.07, 6.45) is 1.20. The fraction of sp³-hybridized carbons (Fsp3) is 0.571. The van der Waals surface area contributed by atoms with E-state index in [-0.39, 0.29) is 29.6 Å². The first kappa shape index (κ1) is 20.9. The van der Waals surface area contributed by atoms with Crippen molar-refractivity contribution in [3.8, 4) is 0 Å². The van der Waals surface area contributed by atoms with E-state index in [1.165, 1.54) is 0 Å². The summed E-state index contributed by atoms with van der Waals surface area (Å²) >= 11 is 0. The third-order valence-electron chi connectivity index (χ3n) is 4.96. The van der Waals surface area contributed by atoms with Gasteiger partial charge in [0.2, 0.25) is 5.91 Å². The number of carbonyl (C=O) groups is 3. The van der Waals surface area contributed by atoms with Crippen molar-refractivity contribution in [3.05, 3.63) is 35.4 Å². The molecule has 2 rings (SSSR count). The molecule has 0 bridgehead atoms. The van der Waals surface area contributed by atoms with E-state index >= 15 is 0 Å². The highest BCUT2D eigenvalue weighted by atomic mass is 16.5. The predicted molar refractivity (Wildman–Crippen MR) is 103 cm³/mol. The second kappa shape index (κ2) is 9.53. The van der Waals surface area contributed by atoms with Gasteiger partial charge in [-0.1, -0.05) is 31.5 Å². The van der Waals surface area contributed by atoms with Gasteiger partial charge in [0, 0.05) is 18.7 Å². The van der Waals surface area contributed by atoms with Gasteiger partial charge in [-0.25, -0.2) is 0 Å². The Hall–Kier alpha value is -2.37. The lowest BCUT2D eigenvalue weighted by atomic mass is 9.95. The molecular formula is C21H30N2O4. The van der Waals surface area contributed by atoms with Crippen LogP contribution in [0.2, 0.25) is 0 Å². The number of likely N-dealkylation sites (tertiary alicyclic amines) is 1. The van der Waals surface area contributed by atoms with E-state index in [4.69, 9.17) is 4.74 Å². The van der Waals surface area contributed by atoms with Crippen LogP contribution in [0.25, 0.3) is 0 Å². The van der Waals surface area contributed by atoms with Gasteiger partial charge < -0.3 is 15.0 Å². The van der Waals surface area contributed by atoms with Gasteiger partial charge in [0.05, 0.1) is 12.5 Å². The number of ether oxygens (including phenoxy) is 1. The highest BCUT2D eigenvalue weighted by Crippen LogP contribution is 2.20. The summed E-state index contributed by atoms with van der Waals surface area (Å²) in [7, 11) is 0. The van der Waals surface area contributed by atoms with Crippen molar-refractivity contribution in [2.24, 2.45) is 11.8 Å². The van der Waals surface area contributed by atoms with Crippen LogP contribution in [0, 0.1) is 18.8 Å². The van der Waals surface area contributed by atoms with Gasteiger partial charge >= 0.3 is 5.97 Å². The fourth-order valence-electron chi connectivity index (χ4n) is 3.24. The minimum Gasteiger partial charge on any atom is -0.466 e. The fourth-order valence-corrected chi connectivity index (χ4v) is 3.24. The van der Waals surface area contributed by atoms with Gasteiger partial charge in [0.25, 0.3) is 5.91 Å². The average Bonchev–Trinajstić information content (AvgIpc) is 2.66. The lowest BCUT2D eigenvalue weighted by Gasteiger charge is -2.34. The third kappa shape index (κ3) is 5.55. The van der Waals surface area contributed by atoms with Crippen LogP contribution in [-0.4, -0.2) is 48.4 Å². The van der Waals surface area contributed by atoms with Crippen molar-refractivity contribution in [1.29, 1.82) is 0 Å². The summed E-state index contributed by atoms with van der Waals surface area (Å²) in [4.78, 5) is 39.1. The number of aryl methyl sites for hydroxylation is 1. The number of nitrogens with zero attached hydrogens (tertiary/aromatic N) is 1. The van der Waals surface area contributed by atoms with E-state index in [0.717, 1.165) is 5.56 Å². The molecule has 0 aliphatic carbocycles. The molecule has 1 aromatic carbocycles. The Labute approximate surface area is 161 Å². The number of piperidine rings is 1. The van der Waals surface area contributed by atoms with Crippen molar-refractivity contribution in [2.75, 3.05) is 19.7 Å². The van der Waals surface area contributed by atoms with Crippen LogP contribution in [-0.2, 0) is 14.3 Å². The molecule has 1 aromatic rings. The van der Waals surface area contributed by atoms with E-state index in [1.807, 2.05) is 32.9 Å². The Balaban J connectivity index is 1.98. The van der Waals surface area contributed by atoms with E-state index in [2.05, 4.69) is 5.32 Å². The number of benzene rings is 1. The summed E-state index contributed by atoms with van der Waals surface area (Å²) in [6.45, 7) is 8.98.